The summed E-state index contributed by atoms with van der Waals surface area (Å²) in [6.07, 6.45) is 6.75. The molecule has 4 rings (SSSR count). The molecule has 1 amide bonds. The smallest absolute Gasteiger partial charge is 0.257 e. The summed E-state index contributed by atoms with van der Waals surface area (Å²) >= 11 is 0. The molecule has 1 aliphatic heterocycles. The number of amides is 1. The van der Waals surface area contributed by atoms with E-state index in [4.69, 9.17) is 0 Å². The number of benzene rings is 1. The van der Waals surface area contributed by atoms with Gasteiger partial charge in [-0.1, -0.05) is 30.3 Å². The molecule has 0 spiro atoms. The summed E-state index contributed by atoms with van der Waals surface area (Å²) in [5, 5.41) is 8.01. The predicted octanol–water partition coefficient (Wildman–Crippen LogP) is 2.51. The van der Waals surface area contributed by atoms with E-state index in [1.54, 1.807) is 10.7 Å². The molecule has 0 saturated carbocycles. The number of nitrogens with zero attached hydrogens (tertiary/aromatic N) is 5. The summed E-state index contributed by atoms with van der Waals surface area (Å²) in [4.78, 5) is 17.4. The lowest BCUT2D eigenvalue weighted by atomic mass is 10.1. The first-order valence-electron chi connectivity index (χ1n) is 9.65. The third-order valence-corrected chi connectivity index (χ3v) is 5.21. The van der Waals surface area contributed by atoms with E-state index in [1.807, 2.05) is 23.2 Å². The topological polar surface area (TPSA) is 53.7 Å². The maximum Gasteiger partial charge on any atom is 0.257 e. The molecule has 27 heavy (non-hydrogen) atoms. The Morgan fingerprint density at radius 2 is 1.89 bits per heavy atom. The van der Waals surface area contributed by atoms with Gasteiger partial charge in [0.25, 0.3) is 5.91 Å². The number of pyridine rings is 1. The van der Waals surface area contributed by atoms with Gasteiger partial charge in [0.05, 0.1) is 5.56 Å². The Hall–Kier alpha value is -2.73. The maximum atomic E-state index is 13.0. The van der Waals surface area contributed by atoms with Gasteiger partial charge >= 0.3 is 0 Å². The quantitative estimate of drug-likeness (QED) is 0.699. The minimum Gasteiger partial charge on any atom is -0.337 e. The highest BCUT2D eigenvalue weighted by molar-refractivity contribution is 5.99. The Morgan fingerprint density at radius 3 is 2.78 bits per heavy atom. The molecule has 6 heteroatoms. The molecule has 0 atom stereocenters. The van der Waals surface area contributed by atoms with Crippen molar-refractivity contribution >= 4 is 11.6 Å². The SMILES string of the molecule is O=C(c1cccn2cnnc12)N1CCCN(CCCc2ccccc2)CC1. The van der Waals surface area contributed by atoms with Crippen molar-refractivity contribution < 1.29 is 4.79 Å². The fourth-order valence-corrected chi connectivity index (χ4v) is 3.74. The Balaban J connectivity index is 1.33. The Morgan fingerprint density at radius 1 is 1.00 bits per heavy atom. The highest BCUT2D eigenvalue weighted by Crippen LogP contribution is 2.14. The molecule has 1 saturated heterocycles. The van der Waals surface area contributed by atoms with Crippen LogP contribution in [0.4, 0.5) is 0 Å². The van der Waals surface area contributed by atoms with Crippen molar-refractivity contribution in [2.45, 2.75) is 19.3 Å². The molecule has 2 aromatic heterocycles. The van der Waals surface area contributed by atoms with Crippen LogP contribution in [0.25, 0.3) is 5.65 Å². The van der Waals surface area contributed by atoms with Crippen molar-refractivity contribution in [1.29, 1.82) is 0 Å². The van der Waals surface area contributed by atoms with Gasteiger partial charge in [0, 0.05) is 25.8 Å². The molecule has 1 aliphatic rings. The van der Waals surface area contributed by atoms with Crippen molar-refractivity contribution in [3.8, 4) is 0 Å². The third-order valence-electron chi connectivity index (χ3n) is 5.21. The van der Waals surface area contributed by atoms with Crippen LogP contribution < -0.4 is 0 Å². The second kappa shape index (κ2) is 8.31. The molecule has 3 aromatic rings. The first-order chi connectivity index (χ1) is 13.3. The number of rotatable bonds is 5. The van der Waals surface area contributed by atoms with Gasteiger partial charge in [0.1, 0.15) is 6.33 Å². The van der Waals surface area contributed by atoms with Crippen LogP contribution in [-0.2, 0) is 6.42 Å². The lowest BCUT2D eigenvalue weighted by molar-refractivity contribution is 0.0762. The molecule has 3 heterocycles. The van der Waals surface area contributed by atoms with E-state index in [0.29, 0.717) is 11.2 Å². The molecule has 1 aromatic carbocycles. The molecule has 6 nitrogen and oxygen atoms in total. The summed E-state index contributed by atoms with van der Waals surface area (Å²) in [7, 11) is 0. The predicted molar refractivity (Wildman–Crippen MR) is 105 cm³/mol. The van der Waals surface area contributed by atoms with Gasteiger partial charge in [-0.25, -0.2) is 0 Å². The molecule has 1 fully saturated rings. The zero-order valence-electron chi connectivity index (χ0n) is 15.5. The summed E-state index contributed by atoms with van der Waals surface area (Å²) in [5.74, 6) is 0.0553. The van der Waals surface area contributed by atoms with E-state index in [1.165, 1.54) is 5.56 Å². The Labute approximate surface area is 159 Å². The van der Waals surface area contributed by atoms with Crippen LogP contribution >= 0.6 is 0 Å². The highest BCUT2D eigenvalue weighted by atomic mass is 16.2. The summed E-state index contributed by atoms with van der Waals surface area (Å²) < 4.78 is 1.79. The number of fused-ring (bicyclic) bond motifs is 1. The summed E-state index contributed by atoms with van der Waals surface area (Å²) in [5.41, 5.74) is 2.66. The van der Waals surface area contributed by atoms with Gasteiger partial charge in [0.15, 0.2) is 5.65 Å². The fourth-order valence-electron chi connectivity index (χ4n) is 3.74. The van der Waals surface area contributed by atoms with Crippen LogP contribution in [0.5, 0.6) is 0 Å². The van der Waals surface area contributed by atoms with Crippen molar-refractivity contribution in [1.82, 2.24) is 24.4 Å². The highest BCUT2D eigenvalue weighted by Gasteiger charge is 2.22. The number of hydrogen-bond donors (Lipinski definition) is 0. The largest absolute Gasteiger partial charge is 0.337 e. The average molecular weight is 363 g/mol. The minimum atomic E-state index is 0.0553. The van der Waals surface area contributed by atoms with E-state index in [2.05, 4.69) is 45.4 Å². The minimum absolute atomic E-state index is 0.0553. The maximum absolute atomic E-state index is 13.0. The molecular formula is C21H25N5O. The van der Waals surface area contributed by atoms with Crippen molar-refractivity contribution in [2.24, 2.45) is 0 Å². The van der Waals surface area contributed by atoms with Crippen molar-refractivity contribution in [3.63, 3.8) is 0 Å². The van der Waals surface area contributed by atoms with Gasteiger partial charge in [-0.15, -0.1) is 10.2 Å². The van der Waals surface area contributed by atoms with Gasteiger partial charge in [-0.3, -0.25) is 9.20 Å². The van der Waals surface area contributed by atoms with Gasteiger partial charge in [-0.05, 0) is 50.0 Å². The number of aryl methyl sites for hydroxylation is 1. The van der Waals surface area contributed by atoms with Crippen LogP contribution in [-0.4, -0.2) is 63.0 Å². The molecule has 0 N–H and O–H groups in total. The van der Waals surface area contributed by atoms with Crippen LogP contribution in [0.3, 0.4) is 0 Å². The monoisotopic (exact) mass is 363 g/mol. The van der Waals surface area contributed by atoms with Gasteiger partial charge < -0.3 is 9.80 Å². The number of hydrogen-bond acceptors (Lipinski definition) is 4. The second-order valence-electron chi connectivity index (χ2n) is 7.06. The first kappa shape index (κ1) is 17.7. The molecule has 0 radical (unpaired) electrons. The van der Waals surface area contributed by atoms with Gasteiger partial charge in [-0.2, -0.15) is 0 Å². The van der Waals surface area contributed by atoms with Crippen molar-refractivity contribution in [3.05, 3.63) is 66.1 Å². The Kier molecular flexibility index (Phi) is 5.44. The van der Waals surface area contributed by atoms with Crippen LogP contribution in [0.2, 0.25) is 0 Å². The first-order valence-corrected chi connectivity index (χ1v) is 9.65. The van der Waals surface area contributed by atoms with E-state index in [-0.39, 0.29) is 5.91 Å². The number of carbonyl (C=O) groups is 1. The zero-order chi connectivity index (χ0) is 18.5. The standard InChI is InChI=1S/C21H25N5O/c27-21(19-10-5-13-26-17-22-23-20(19)26)25-14-6-12-24(15-16-25)11-4-9-18-7-2-1-3-8-18/h1-3,5,7-8,10,13,17H,4,6,9,11-12,14-16H2. The molecule has 140 valence electrons. The van der Waals surface area contributed by atoms with E-state index in [9.17, 15) is 4.79 Å². The summed E-state index contributed by atoms with van der Waals surface area (Å²) in [6, 6.07) is 14.3. The normalized spacial score (nSPS) is 15.8. The number of carbonyl (C=O) groups excluding carboxylic acids is 1. The van der Waals surface area contributed by atoms with Crippen molar-refractivity contribution in [2.75, 3.05) is 32.7 Å². The van der Waals surface area contributed by atoms with E-state index in [0.717, 1.165) is 52.0 Å². The van der Waals surface area contributed by atoms with Gasteiger partial charge in [0.2, 0.25) is 0 Å². The van der Waals surface area contributed by atoms with Crippen LogP contribution in [0.1, 0.15) is 28.8 Å². The number of aromatic nitrogens is 3. The lowest BCUT2D eigenvalue weighted by Crippen LogP contribution is -2.35. The Bertz CT molecular complexity index is 892. The second-order valence-corrected chi connectivity index (χ2v) is 7.06. The summed E-state index contributed by atoms with van der Waals surface area (Å²) in [6.45, 7) is 4.61. The lowest BCUT2D eigenvalue weighted by Gasteiger charge is -2.22. The van der Waals surface area contributed by atoms with Crippen LogP contribution in [0, 0.1) is 0 Å². The van der Waals surface area contributed by atoms with E-state index < -0.39 is 0 Å². The molecule has 0 bridgehead atoms. The average Bonchev–Trinajstić information content (AvgIpc) is 3.07. The molecular weight excluding hydrogens is 338 g/mol. The van der Waals surface area contributed by atoms with E-state index >= 15 is 0 Å². The third kappa shape index (κ3) is 4.17. The molecule has 0 unspecified atom stereocenters. The van der Waals surface area contributed by atoms with Crippen LogP contribution in [0.15, 0.2) is 55.0 Å². The fraction of sp³-hybridized carbons (Fsp3) is 0.381. The molecule has 0 aliphatic carbocycles. The zero-order valence-corrected chi connectivity index (χ0v) is 15.5.